The van der Waals surface area contributed by atoms with Gasteiger partial charge in [0.15, 0.2) is 11.5 Å². The number of hydrogen-bond acceptors (Lipinski definition) is 7. The van der Waals surface area contributed by atoms with E-state index in [-0.39, 0.29) is 12.3 Å². The normalized spacial score (nSPS) is 16.9. The van der Waals surface area contributed by atoms with Gasteiger partial charge in [0.2, 0.25) is 5.91 Å². The number of benzene rings is 1. The van der Waals surface area contributed by atoms with Crippen molar-refractivity contribution in [3.63, 3.8) is 0 Å². The van der Waals surface area contributed by atoms with Crippen LogP contribution in [0.3, 0.4) is 0 Å². The van der Waals surface area contributed by atoms with Gasteiger partial charge in [-0.25, -0.2) is 4.63 Å². The smallest absolute Gasteiger partial charge is 0.228 e. The highest BCUT2D eigenvalue weighted by molar-refractivity contribution is 5.78. The van der Waals surface area contributed by atoms with Crippen molar-refractivity contribution in [2.24, 2.45) is 0 Å². The molecule has 2 heterocycles. The van der Waals surface area contributed by atoms with Crippen molar-refractivity contribution in [1.82, 2.24) is 20.1 Å². The Hall–Kier alpha value is -2.61. The minimum Gasteiger partial charge on any atom is -0.493 e. The van der Waals surface area contributed by atoms with E-state index in [0.29, 0.717) is 17.4 Å². The highest BCUT2D eigenvalue weighted by Gasteiger charge is 2.27. The van der Waals surface area contributed by atoms with Gasteiger partial charge in [0, 0.05) is 25.7 Å². The van der Waals surface area contributed by atoms with Gasteiger partial charge in [-0.15, -0.1) is 0 Å². The number of likely N-dealkylation sites (N-methyl/N-ethyl adjacent to an activating group) is 1. The molecule has 1 saturated heterocycles. The van der Waals surface area contributed by atoms with Gasteiger partial charge in [0.25, 0.3) is 0 Å². The van der Waals surface area contributed by atoms with Crippen molar-refractivity contribution in [1.29, 1.82) is 0 Å². The molecule has 1 unspecified atom stereocenters. The summed E-state index contributed by atoms with van der Waals surface area (Å²) in [6.07, 6.45) is 3.26. The molecule has 1 aromatic carbocycles. The van der Waals surface area contributed by atoms with Crippen LogP contribution in [0, 0.1) is 6.92 Å². The summed E-state index contributed by atoms with van der Waals surface area (Å²) in [5, 5.41) is 7.58. The Bertz CT molecular complexity index is 823. The molecule has 1 aliphatic heterocycles. The summed E-state index contributed by atoms with van der Waals surface area (Å²) in [6, 6.07) is 6.39. The fourth-order valence-electron chi connectivity index (χ4n) is 3.73. The van der Waals surface area contributed by atoms with Gasteiger partial charge >= 0.3 is 0 Å². The molecule has 1 fully saturated rings. The van der Waals surface area contributed by atoms with Gasteiger partial charge in [-0.2, -0.15) is 0 Å². The van der Waals surface area contributed by atoms with Crippen molar-refractivity contribution in [3.05, 3.63) is 35.2 Å². The molecule has 0 spiro atoms. The lowest BCUT2D eigenvalue weighted by molar-refractivity contribution is -0.132. The molecule has 158 valence electrons. The fraction of sp³-hybridized carbons (Fsp3) is 0.571. The summed E-state index contributed by atoms with van der Waals surface area (Å²) >= 11 is 0. The molecule has 29 heavy (non-hydrogen) atoms. The van der Waals surface area contributed by atoms with Crippen LogP contribution in [0.25, 0.3) is 0 Å². The molecule has 0 saturated carbocycles. The quantitative estimate of drug-likeness (QED) is 0.669. The molecule has 3 rings (SSSR count). The molecule has 0 aliphatic carbocycles. The molecule has 0 radical (unpaired) electrons. The Labute approximate surface area is 171 Å². The molecular weight excluding hydrogens is 372 g/mol. The Kier molecular flexibility index (Phi) is 7.09. The van der Waals surface area contributed by atoms with Gasteiger partial charge in [-0.1, -0.05) is 16.4 Å². The van der Waals surface area contributed by atoms with E-state index < -0.39 is 0 Å². The van der Waals surface area contributed by atoms with Crippen LogP contribution in [-0.4, -0.2) is 73.0 Å². The first-order valence-corrected chi connectivity index (χ1v) is 9.98. The summed E-state index contributed by atoms with van der Waals surface area (Å²) in [5.74, 6) is 1.57. The lowest BCUT2D eigenvalue weighted by Gasteiger charge is -2.37. The van der Waals surface area contributed by atoms with Crippen molar-refractivity contribution in [2.75, 3.05) is 40.9 Å². The van der Waals surface area contributed by atoms with E-state index in [1.165, 1.54) is 5.56 Å². The lowest BCUT2D eigenvalue weighted by atomic mass is 10.0. The molecular formula is C21H30N4O4. The van der Waals surface area contributed by atoms with Crippen LogP contribution < -0.4 is 9.47 Å². The summed E-state index contributed by atoms with van der Waals surface area (Å²) in [7, 11) is 5.42. The van der Waals surface area contributed by atoms with Crippen LogP contribution >= 0.6 is 0 Å². The number of carbonyl (C=O) groups excluding carboxylic acids is 1. The third kappa shape index (κ3) is 5.26. The summed E-state index contributed by atoms with van der Waals surface area (Å²) < 4.78 is 15.4. The van der Waals surface area contributed by atoms with Gasteiger partial charge in [-0.05, 0) is 50.9 Å². The number of ether oxygens (including phenoxy) is 2. The van der Waals surface area contributed by atoms with Crippen molar-refractivity contribution in [3.8, 4) is 11.5 Å². The Morgan fingerprint density at radius 1 is 1.28 bits per heavy atom. The van der Waals surface area contributed by atoms with E-state index in [0.717, 1.165) is 50.4 Å². The average molecular weight is 402 g/mol. The molecule has 1 atom stereocenters. The average Bonchev–Trinajstić information content (AvgIpc) is 3.16. The van der Waals surface area contributed by atoms with E-state index in [1.54, 1.807) is 21.1 Å². The van der Waals surface area contributed by atoms with Gasteiger partial charge < -0.3 is 19.3 Å². The largest absolute Gasteiger partial charge is 0.493 e. The molecule has 0 bridgehead atoms. The van der Waals surface area contributed by atoms with E-state index in [4.69, 9.17) is 14.1 Å². The van der Waals surface area contributed by atoms with Gasteiger partial charge in [-0.3, -0.25) is 4.79 Å². The van der Waals surface area contributed by atoms with Crippen LogP contribution in [0.2, 0.25) is 0 Å². The zero-order valence-corrected chi connectivity index (χ0v) is 17.7. The molecule has 0 N–H and O–H groups in total. The van der Waals surface area contributed by atoms with Crippen LogP contribution in [-0.2, 0) is 17.6 Å². The molecule has 2 aromatic rings. The van der Waals surface area contributed by atoms with E-state index in [1.807, 2.05) is 17.0 Å². The molecule has 1 aliphatic rings. The first-order chi connectivity index (χ1) is 14.0. The zero-order chi connectivity index (χ0) is 20.8. The second-order valence-electron chi connectivity index (χ2n) is 7.53. The number of amides is 1. The highest BCUT2D eigenvalue weighted by atomic mass is 16.6. The number of piperidine rings is 1. The van der Waals surface area contributed by atoms with E-state index in [9.17, 15) is 4.79 Å². The van der Waals surface area contributed by atoms with E-state index >= 15 is 0 Å². The SMILES string of the molecule is COc1ccc(CCN(C)C2CCCN(C(=O)Cc3nonc3C)C2)cc1OC. The predicted molar refractivity (Wildman–Crippen MR) is 108 cm³/mol. The number of methoxy groups -OCH3 is 2. The first-order valence-electron chi connectivity index (χ1n) is 9.98. The molecule has 8 heteroatoms. The zero-order valence-electron chi connectivity index (χ0n) is 17.7. The van der Waals surface area contributed by atoms with Crippen LogP contribution in [0.4, 0.5) is 0 Å². The number of carbonyl (C=O) groups is 1. The maximum atomic E-state index is 12.7. The molecule has 1 amide bonds. The second-order valence-corrected chi connectivity index (χ2v) is 7.53. The maximum absolute atomic E-state index is 12.7. The van der Waals surface area contributed by atoms with Crippen LogP contribution in [0.15, 0.2) is 22.8 Å². The van der Waals surface area contributed by atoms with Crippen LogP contribution in [0.1, 0.15) is 29.8 Å². The predicted octanol–water partition coefficient (Wildman–Crippen LogP) is 2.10. The van der Waals surface area contributed by atoms with Gasteiger partial charge in [0.1, 0.15) is 11.4 Å². The number of aryl methyl sites for hydroxylation is 1. The Morgan fingerprint density at radius 2 is 2.07 bits per heavy atom. The summed E-state index contributed by atoms with van der Waals surface area (Å²) in [5.41, 5.74) is 2.50. The number of aromatic nitrogens is 2. The van der Waals surface area contributed by atoms with Crippen LogP contribution in [0.5, 0.6) is 11.5 Å². The first kappa shape index (κ1) is 21.1. The number of rotatable bonds is 8. The third-order valence-electron chi connectivity index (χ3n) is 5.64. The highest BCUT2D eigenvalue weighted by Crippen LogP contribution is 2.28. The Balaban J connectivity index is 1.53. The van der Waals surface area contributed by atoms with Crippen molar-refractivity contribution in [2.45, 2.75) is 38.6 Å². The Morgan fingerprint density at radius 3 is 2.76 bits per heavy atom. The van der Waals surface area contributed by atoms with Crippen molar-refractivity contribution >= 4 is 5.91 Å². The molecule has 1 aromatic heterocycles. The summed E-state index contributed by atoms with van der Waals surface area (Å²) in [4.78, 5) is 17.0. The second kappa shape index (κ2) is 9.73. The third-order valence-corrected chi connectivity index (χ3v) is 5.64. The number of likely N-dealkylation sites (tertiary alicyclic amines) is 1. The summed E-state index contributed by atoms with van der Waals surface area (Å²) in [6.45, 7) is 4.25. The maximum Gasteiger partial charge on any atom is 0.228 e. The monoisotopic (exact) mass is 402 g/mol. The lowest BCUT2D eigenvalue weighted by Crippen LogP contribution is -2.49. The fourth-order valence-corrected chi connectivity index (χ4v) is 3.73. The van der Waals surface area contributed by atoms with Crippen molar-refractivity contribution < 1.29 is 18.9 Å². The number of hydrogen-bond donors (Lipinski definition) is 0. The minimum absolute atomic E-state index is 0.0850. The minimum atomic E-state index is 0.0850. The topological polar surface area (TPSA) is 80.9 Å². The number of nitrogens with zero attached hydrogens (tertiary/aromatic N) is 4. The van der Waals surface area contributed by atoms with E-state index in [2.05, 4.69) is 28.3 Å². The molecule has 8 nitrogen and oxygen atoms in total. The standard InChI is InChI=1S/C21H30N4O4/c1-15-18(23-29-22-15)13-21(26)25-10-5-6-17(14-25)24(2)11-9-16-7-8-19(27-3)20(12-16)28-4/h7-8,12,17H,5-6,9-11,13-14H2,1-4H3. The van der Waals surface area contributed by atoms with Gasteiger partial charge in [0.05, 0.1) is 20.6 Å².